The number of rotatable bonds is 2. The molecule has 0 aromatic heterocycles. The van der Waals surface area contributed by atoms with Crippen molar-refractivity contribution in [2.45, 2.75) is 50.1 Å². The molecule has 2 nitrogen and oxygen atoms in total. The Bertz CT molecular complexity index is 295. The van der Waals surface area contributed by atoms with Gasteiger partial charge in [0, 0.05) is 12.1 Å². The van der Waals surface area contributed by atoms with Crippen molar-refractivity contribution in [2.24, 2.45) is 0 Å². The lowest BCUT2D eigenvalue weighted by molar-refractivity contribution is -0.176. The fraction of sp³-hybridized carbons (Fsp3) is 1.00. The molecule has 0 unspecified atom stereocenters. The summed E-state index contributed by atoms with van der Waals surface area (Å²) in [5.41, 5.74) is 0. The summed E-state index contributed by atoms with van der Waals surface area (Å²) in [5, 5.41) is 0. The first kappa shape index (κ1) is 15.9. The van der Waals surface area contributed by atoms with Gasteiger partial charge >= 0.3 is 12.4 Å². The van der Waals surface area contributed by atoms with E-state index in [0.29, 0.717) is 38.8 Å². The lowest BCUT2D eigenvalue weighted by atomic mass is 9.87. The van der Waals surface area contributed by atoms with E-state index in [1.807, 2.05) is 0 Å². The highest BCUT2D eigenvalue weighted by Crippen LogP contribution is 2.33. The first-order chi connectivity index (χ1) is 9.16. The van der Waals surface area contributed by atoms with Crippen molar-refractivity contribution < 1.29 is 26.3 Å². The van der Waals surface area contributed by atoms with Crippen molar-refractivity contribution in [3.05, 3.63) is 0 Å². The summed E-state index contributed by atoms with van der Waals surface area (Å²) < 4.78 is 75.2. The second-order valence-corrected chi connectivity index (χ2v) is 5.59. The topological polar surface area (TPSA) is 6.48 Å². The largest absolute Gasteiger partial charge is 0.401 e. The average molecular weight is 304 g/mol. The summed E-state index contributed by atoms with van der Waals surface area (Å²) in [7, 11) is 0. The third-order valence-electron chi connectivity index (χ3n) is 4.04. The standard InChI is InChI=1S/C12H18F6N2/c13-11(14,15)7-19-5-1-3-9-10(19)4-2-6-20(9)8-12(16,17)18/h9-10H,1-8H2/t9-,10-/m1/s1. The fourth-order valence-electron chi connectivity index (χ4n) is 3.43. The van der Waals surface area contributed by atoms with Crippen LogP contribution in [0.1, 0.15) is 25.7 Å². The van der Waals surface area contributed by atoms with Gasteiger partial charge in [0.2, 0.25) is 0 Å². The van der Waals surface area contributed by atoms with Crippen LogP contribution in [0, 0.1) is 0 Å². The van der Waals surface area contributed by atoms with E-state index < -0.39 is 37.5 Å². The molecule has 0 aromatic rings. The summed E-state index contributed by atoms with van der Waals surface area (Å²) >= 11 is 0. The highest BCUT2D eigenvalue weighted by Gasteiger charge is 2.44. The van der Waals surface area contributed by atoms with Crippen LogP contribution in [0.15, 0.2) is 0 Å². The highest BCUT2D eigenvalue weighted by molar-refractivity contribution is 4.95. The fourth-order valence-corrected chi connectivity index (χ4v) is 3.43. The Kier molecular flexibility index (Phi) is 4.53. The number of piperidine rings is 2. The van der Waals surface area contributed by atoms with Gasteiger partial charge in [0.15, 0.2) is 0 Å². The van der Waals surface area contributed by atoms with Crippen molar-refractivity contribution in [1.82, 2.24) is 9.80 Å². The number of alkyl halides is 6. The molecule has 0 spiro atoms. The van der Waals surface area contributed by atoms with Gasteiger partial charge in [0.25, 0.3) is 0 Å². The number of hydrogen-bond donors (Lipinski definition) is 0. The summed E-state index contributed by atoms with van der Waals surface area (Å²) in [4.78, 5) is 2.63. The second kappa shape index (κ2) is 5.71. The third-order valence-corrected chi connectivity index (χ3v) is 4.04. The molecule has 0 aliphatic carbocycles. The summed E-state index contributed by atoms with van der Waals surface area (Å²) in [5.74, 6) is 0. The molecule has 0 bridgehead atoms. The van der Waals surface area contributed by atoms with E-state index in [1.54, 1.807) is 0 Å². The van der Waals surface area contributed by atoms with Crippen molar-refractivity contribution in [3.8, 4) is 0 Å². The van der Waals surface area contributed by atoms with Gasteiger partial charge in [0.05, 0.1) is 13.1 Å². The minimum Gasteiger partial charge on any atom is -0.290 e. The molecule has 20 heavy (non-hydrogen) atoms. The molecular formula is C12H18F6N2. The van der Waals surface area contributed by atoms with E-state index in [0.717, 1.165) is 0 Å². The Hall–Kier alpha value is -0.500. The molecule has 2 heterocycles. The minimum atomic E-state index is -4.30. The van der Waals surface area contributed by atoms with Gasteiger partial charge < -0.3 is 0 Å². The van der Waals surface area contributed by atoms with Crippen LogP contribution in [0.25, 0.3) is 0 Å². The van der Waals surface area contributed by atoms with Gasteiger partial charge in [-0.1, -0.05) is 0 Å². The van der Waals surface area contributed by atoms with Crippen LogP contribution in [-0.4, -0.2) is 60.4 Å². The summed E-state index contributed by atoms with van der Waals surface area (Å²) in [6, 6.07) is -0.803. The van der Waals surface area contributed by atoms with E-state index in [2.05, 4.69) is 0 Å². The van der Waals surface area contributed by atoms with Crippen LogP contribution in [0.2, 0.25) is 0 Å². The Labute approximate surface area is 113 Å². The van der Waals surface area contributed by atoms with Crippen LogP contribution in [0.3, 0.4) is 0 Å². The zero-order chi connectivity index (χ0) is 15.0. The molecule has 2 fully saturated rings. The molecule has 2 atom stereocenters. The van der Waals surface area contributed by atoms with Gasteiger partial charge in [-0.3, -0.25) is 9.80 Å². The second-order valence-electron chi connectivity index (χ2n) is 5.59. The van der Waals surface area contributed by atoms with Crippen LogP contribution in [0.5, 0.6) is 0 Å². The third kappa shape index (κ3) is 4.25. The van der Waals surface area contributed by atoms with Gasteiger partial charge in [-0.25, -0.2) is 0 Å². The monoisotopic (exact) mass is 304 g/mol. The predicted octanol–water partition coefficient (Wildman–Crippen LogP) is 3.04. The smallest absolute Gasteiger partial charge is 0.290 e. The van der Waals surface area contributed by atoms with E-state index in [-0.39, 0.29) is 0 Å². The van der Waals surface area contributed by atoms with E-state index >= 15 is 0 Å². The van der Waals surface area contributed by atoms with Crippen molar-refractivity contribution >= 4 is 0 Å². The van der Waals surface area contributed by atoms with Crippen molar-refractivity contribution in [1.29, 1.82) is 0 Å². The maximum atomic E-state index is 12.5. The summed E-state index contributed by atoms with van der Waals surface area (Å²) in [6.07, 6.45) is -6.45. The molecule has 8 heteroatoms. The first-order valence-corrected chi connectivity index (χ1v) is 6.77. The molecule has 0 N–H and O–H groups in total. The quantitative estimate of drug-likeness (QED) is 0.724. The van der Waals surface area contributed by atoms with E-state index in [4.69, 9.17) is 0 Å². The Morgan fingerprint density at radius 3 is 1.35 bits per heavy atom. The molecule has 2 aliphatic heterocycles. The number of halogens is 6. The number of fused-ring (bicyclic) bond motifs is 1. The van der Waals surface area contributed by atoms with Gasteiger partial charge in [0.1, 0.15) is 0 Å². The molecule has 118 valence electrons. The van der Waals surface area contributed by atoms with Crippen LogP contribution in [-0.2, 0) is 0 Å². The molecule has 0 aromatic carbocycles. The lowest BCUT2D eigenvalue weighted by Crippen LogP contribution is -2.61. The van der Waals surface area contributed by atoms with Crippen molar-refractivity contribution in [3.63, 3.8) is 0 Å². The Morgan fingerprint density at radius 2 is 1.05 bits per heavy atom. The molecule has 2 rings (SSSR count). The Balaban J connectivity index is 2.05. The maximum absolute atomic E-state index is 12.5. The van der Waals surface area contributed by atoms with Gasteiger partial charge in [-0.2, -0.15) is 26.3 Å². The molecule has 2 aliphatic rings. The molecule has 2 saturated heterocycles. The van der Waals surface area contributed by atoms with Crippen LogP contribution < -0.4 is 0 Å². The summed E-state index contributed by atoms with van der Waals surface area (Å²) in [6.45, 7) is -1.40. The molecule has 0 saturated carbocycles. The van der Waals surface area contributed by atoms with Crippen LogP contribution in [0.4, 0.5) is 26.3 Å². The number of likely N-dealkylation sites (tertiary alicyclic amines) is 2. The highest BCUT2D eigenvalue weighted by atomic mass is 19.4. The van der Waals surface area contributed by atoms with Crippen molar-refractivity contribution in [2.75, 3.05) is 26.2 Å². The number of nitrogens with zero attached hydrogens (tertiary/aromatic N) is 2. The van der Waals surface area contributed by atoms with Gasteiger partial charge in [-0.05, 0) is 38.8 Å². The zero-order valence-electron chi connectivity index (χ0n) is 11.0. The normalized spacial score (nSPS) is 30.3. The minimum absolute atomic E-state index is 0.320. The zero-order valence-corrected chi connectivity index (χ0v) is 11.0. The number of hydrogen-bond acceptors (Lipinski definition) is 2. The molecule has 0 radical (unpaired) electrons. The van der Waals surface area contributed by atoms with E-state index in [9.17, 15) is 26.3 Å². The lowest BCUT2D eigenvalue weighted by Gasteiger charge is -2.49. The maximum Gasteiger partial charge on any atom is 0.401 e. The SMILES string of the molecule is FC(F)(F)CN1CCC[C@@H]2[C@H]1CCCN2CC(F)(F)F. The average Bonchev–Trinajstić information content (AvgIpc) is 2.26. The van der Waals surface area contributed by atoms with Gasteiger partial charge in [-0.15, -0.1) is 0 Å². The van der Waals surface area contributed by atoms with E-state index in [1.165, 1.54) is 9.80 Å². The Morgan fingerprint density at radius 1 is 0.700 bits per heavy atom. The predicted molar refractivity (Wildman–Crippen MR) is 61.3 cm³/mol. The molecular weight excluding hydrogens is 286 g/mol. The first-order valence-electron chi connectivity index (χ1n) is 6.77. The molecule has 0 amide bonds. The van der Waals surface area contributed by atoms with Crippen LogP contribution >= 0.6 is 0 Å².